The van der Waals surface area contributed by atoms with E-state index in [-0.39, 0.29) is 5.91 Å². The molecule has 0 atom stereocenters. The SMILES string of the molecule is C=CCOc1cccc(/C=C2\SC(=Nc3ccc(C)c(Cl)c3)N(c3ccc(C)c(Cl)c3)C2=O)c1. The normalized spacial score (nSPS) is 15.9. The van der Waals surface area contributed by atoms with Crippen LogP contribution < -0.4 is 9.64 Å². The summed E-state index contributed by atoms with van der Waals surface area (Å²) in [6.07, 6.45) is 3.52. The summed E-state index contributed by atoms with van der Waals surface area (Å²) in [6.45, 7) is 7.93. The van der Waals surface area contributed by atoms with E-state index in [1.807, 2.05) is 68.5 Å². The minimum atomic E-state index is -0.181. The van der Waals surface area contributed by atoms with Gasteiger partial charge >= 0.3 is 0 Å². The molecule has 0 bridgehead atoms. The molecule has 0 spiro atoms. The van der Waals surface area contributed by atoms with Crippen LogP contribution in [0.4, 0.5) is 11.4 Å². The smallest absolute Gasteiger partial charge is 0.271 e. The molecular formula is C27H22Cl2N2O2S. The number of ether oxygens (including phenoxy) is 1. The van der Waals surface area contributed by atoms with Gasteiger partial charge in [-0.1, -0.05) is 60.1 Å². The summed E-state index contributed by atoms with van der Waals surface area (Å²) in [4.78, 5) is 20.4. The van der Waals surface area contributed by atoms with Crippen LogP contribution in [0.5, 0.6) is 5.75 Å². The van der Waals surface area contributed by atoms with Crippen LogP contribution in [0.15, 0.2) is 83.2 Å². The van der Waals surface area contributed by atoms with Crippen LogP contribution in [0, 0.1) is 13.8 Å². The highest BCUT2D eigenvalue weighted by Gasteiger charge is 2.35. The Balaban J connectivity index is 1.76. The van der Waals surface area contributed by atoms with Crippen molar-refractivity contribution in [3.05, 3.63) is 105 Å². The maximum Gasteiger partial charge on any atom is 0.271 e. The molecule has 0 saturated carbocycles. The molecule has 4 nitrogen and oxygen atoms in total. The molecule has 0 radical (unpaired) electrons. The Morgan fingerprint density at radius 2 is 1.76 bits per heavy atom. The highest BCUT2D eigenvalue weighted by atomic mass is 35.5. The summed E-state index contributed by atoms with van der Waals surface area (Å²) < 4.78 is 5.62. The number of rotatable bonds is 6. The lowest BCUT2D eigenvalue weighted by Gasteiger charge is -2.16. The Hall–Kier alpha value is -2.99. The van der Waals surface area contributed by atoms with E-state index in [9.17, 15) is 4.79 Å². The van der Waals surface area contributed by atoms with Gasteiger partial charge in [0.25, 0.3) is 5.91 Å². The van der Waals surface area contributed by atoms with Crippen molar-refractivity contribution in [3.63, 3.8) is 0 Å². The van der Waals surface area contributed by atoms with Gasteiger partial charge in [0, 0.05) is 10.0 Å². The Kier molecular flexibility index (Phi) is 7.47. The highest BCUT2D eigenvalue weighted by molar-refractivity contribution is 8.19. The lowest BCUT2D eigenvalue weighted by Crippen LogP contribution is -2.28. The van der Waals surface area contributed by atoms with E-state index in [4.69, 9.17) is 32.9 Å². The van der Waals surface area contributed by atoms with Crippen molar-refractivity contribution >= 4 is 63.5 Å². The molecule has 172 valence electrons. The predicted octanol–water partition coefficient (Wildman–Crippen LogP) is 7.98. The number of carbonyl (C=O) groups excluding carboxylic acids is 1. The molecule has 1 aliphatic heterocycles. The van der Waals surface area contributed by atoms with Gasteiger partial charge in [-0.2, -0.15) is 0 Å². The van der Waals surface area contributed by atoms with E-state index >= 15 is 0 Å². The molecule has 0 aromatic heterocycles. The second-order valence-electron chi connectivity index (χ2n) is 7.68. The van der Waals surface area contributed by atoms with E-state index in [1.165, 1.54) is 11.8 Å². The topological polar surface area (TPSA) is 41.9 Å². The van der Waals surface area contributed by atoms with E-state index in [0.29, 0.717) is 43.8 Å². The third kappa shape index (κ3) is 5.39. The Bertz CT molecular complexity index is 1330. The zero-order chi connectivity index (χ0) is 24.2. The second kappa shape index (κ2) is 10.5. The summed E-state index contributed by atoms with van der Waals surface area (Å²) in [5.74, 6) is 0.523. The average molecular weight is 509 g/mol. The number of amides is 1. The first kappa shape index (κ1) is 24.1. The number of aryl methyl sites for hydroxylation is 2. The molecular weight excluding hydrogens is 487 g/mol. The van der Waals surface area contributed by atoms with Crippen molar-refractivity contribution in [2.24, 2.45) is 4.99 Å². The molecule has 1 aliphatic rings. The monoisotopic (exact) mass is 508 g/mol. The molecule has 1 amide bonds. The Morgan fingerprint density at radius 1 is 1.03 bits per heavy atom. The number of nitrogens with zero attached hydrogens (tertiary/aromatic N) is 2. The lowest BCUT2D eigenvalue weighted by molar-refractivity contribution is -0.113. The molecule has 0 N–H and O–H groups in total. The molecule has 0 unspecified atom stereocenters. The van der Waals surface area contributed by atoms with Gasteiger partial charge in [0.2, 0.25) is 0 Å². The molecule has 3 aromatic carbocycles. The molecule has 4 rings (SSSR count). The third-order valence-corrected chi connectivity index (χ3v) is 6.91. The summed E-state index contributed by atoms with van der Waals surface area (Å²) in [5, 5.41) is 1.72. The highest BCUT2D eigenvalue weighted by Crippen LogP contribution is 2.39. The van der Waals surface area contributed by atoms with Crippen LogP contribution in [0.1, 0.15) is 16.7 Å². The summed E-state index contributed by atoms with van der Waals surface area (Å²) >= 11 is 14.0. The third-order valence-electron chi connectivity index (χ3n) is 5.12. The standard InChI is InChI=1S/C27H22Cl2N2O2S/c1-4-12-33-22-7-5-6-19(13-22)14-25-26(32)31(21-11-9-18(3)24(29)16-21)27(34-25)30-20-10-8-17(2)23(28)15-20/h4-11,13-16H,1,12H2,2-3H3/b25-14-,30-27?. The van der Waals surface area contributed by atoms with E-state index < -0.39 is 0 Å². The number of aliphatic imine (C=N–C) groups is 1. The van der Waals surface area contributed by atoms with Gasteiger partial charge in [0.1, 0.15) is 12.4 Å². The Labute approximate surface area is 213 Å². The van der Waals surface area contributed by atoms with Gasteiger partial charge in [-0.05, 0) is 84.8 Å². The van der Waals surface area contributed by atoms with Crippen LogP contribution in [-0.2, 0) is 4.79 Å². The van der Waals surface area contributed by atoms with Crippen molar-refractivity contribution in [1.29, 1.82) is 0 Å². The lowest BCUT2D eigenvalue weighted by atomic mass is 10.2. The number of anilines is 1. The van der Waals surface area contributed by atoms with Crippen molar-refractivity contribution in [3.8, 4) is 5.75 Å². The number of benzene rings is 3. The number of amidine groups is 1. The average Bonchev–Trinajstić information content (AvgIpc) is 3.11. The minimum absolute atomic E-state index is 0.181. The minimum Gasteiger partial charge on any atom is -0.490 e. The van der Waals surface area contributed by atoms with Gasteiger partial charge in [-0.25, -0.2) is 4.99 Å². The summed E-state index contributed by atoms with van der Waals surface area (Å²) in [5.41, 5.74) is 4.05. The molecule has 1 fully saturated rings. The van der Waals surface area contributed by atoms with Crippen LogP contribution >= 0.6 is 35.0 Å². The number of thioether (sulfide) groups is 1. The molecule has 1 heterocycles. The van der Waals surface area contributed by atoms with Gasteiger partial charge < -0.3 is 4.74 Å². The molecule has 7 heteroatoms. The zero-order valence-corrected chi connectivity index (χ0v) is 21.0. The van der Waals surface area contributed by atoms with Crippen LogP contribution in [0.2, 0.25) is 10.0 Å². The fraction of sp³-hybridized carbons (Fsp3) is 0.111. The van der Waals surface area contributed by atoms with Crippen molar-refractivity contribution < 1.29 is 9.53 Å². The largest absolute Gasteiger partial charge is 0.490 e. The van der Waals surface area contributed by atoms with Crippen molar-refractivity contribution in [1.82, 2.24) is 0 Å². The number of hydrogen-bond donors (Lipinski definition) is 0. The maximum atomic E-state index is 13.5. The van der Waals surface area contributed by atoms with Crippen molar-refractivity contribution in [2.75, 3.05) is 11.5 Å². The van der Waals surface area contributed by atoms with Gasteiger partial charge in [0.15, 0.2) is 5.17 Å². The maximum absolute atomic E-state index is 13.5. The van der Waals surface area contributed by atoms with E-state index in [1.54, 1.807) is 23.1 Å². The predicted molar refractivity (Wildman–Crippen MR) is 145 cm³/mol. The quantitative estimate of drug-likeness (QED) is 0.250. The van der Waals surface area contributed by atoms with E-state index in [0.717, 1.165) is 16.7 Å². The first-order valence-corrected chi connectivity index (χ1v) is 12.1. The van der Waals surface area contributed by atoms with Crippen LogP contribution in [0.25, 0.3) is 6.08 Å². The molecule has 3 aromatic rings. The number of halogens is 2. The second-order valence-corrected chi connectivity index (χ2v) is 9.51. The Morgan fingerprint density at radius 3 is 2.47 bits per heavy atom. The number of carbonyl (C=O) groups is 1. The summed E-state index contributed by atoms with van der Waals surface area (Å²) in [7, 11) is 0. The molecule has 34 heavy (non-hydrogen) atoms. The fourth-order valence-electron chi connectivity index (χ4n) is 3.26. The molecule has 0 aliphatic carbocycles. The molecule has 1 saturated heterocycles. The number of hydrogen-bond acceptors (Lipinski definition) is 4. The van der Waals surface area contributed by atoms with Crippen LogP contribution in [0.3, 0.4) is 0 Å². The fourth-order valence-corrected chi connectivity index (χ4v) is 4.61. The van der Waals surface area contributed by atoms with Crippen LogP contribution in [-0.4, -0.2) is 17.7 Å². The van der Waals surface area contributed by atoms with Gasteiger partial charge in [0.05, 0.1) is 16.3 Å². The van der Waals surface area contributed by atoms with Gasteiger partial charge in [-0.15, -0.1) is 0 Å². The first-order valence-electron chi connectivity index (χ1n) is 10.5. The first-order chi connectivity index (χ1) is 16.4. The van der Waals surface area contributed by atoms with E-state index in [2.05, 4.69) is 6.58 Å². The van der Waals surface area contributed by atoms with Gasteiger partial charge in [-0.3, -0.25) is 9.69 Å². The van der Waals surface area contributed by atoms with Crippen molar-refractivity contribution in [2.45, 2.75) is 13.8 Å². The summed E-state index contributed by atoms with van der Waals surface area (Å²) in [6, 6.07) is 18.7. The zero-order valence-electron chi connectivity index (χ0n) is 18.7.